The van der Waals surface area contributed by atoms with Gasteiger partial charge in [-0.3, -0.25) is 9.00 Å². The van der Waals surface area contributed by atoms with Crippen molar-refractivity contribution in [2.45, 2.75) is 44.9 Å². The van der Waals surface area contributed by atoms with E-state index in [0.29, 0.717) is 12.3 Å². The van der Waals surface area contributed by atoms with Gasteiger partial charge in [-0.1, -0.05) is 67.3 Å². The third-order valence-corrected chi connectivity index (χ3v) is 7.28. The number of hydrogen-bond donors (Lipinski definition) is 0. The van der Waals surface area contributed by atoms with Gasteiger partial charge >= 0.3 is 0 Å². The Morgan fingerprint density at radius 1 is 1.17 bits per heavy atom. The highest BCUT2D eigenvalue weighted by Gasteiger charge is 2.33. The molecule has 3 atom stereocenters. The average molecular weight is 406 g/mol. The van der Waals surface area contributed by atoms with E-state index >= 15 is 0 Å². The van der Waals surface area contributed by atoms with E-state index in [1.165, 1.54) is 24.8 Å². The van der Waals surface area contributed by atoms with Crippen LogP contribution in [-0.2, 0) is 11.1 Å². The smallest absolute Gasteiger partial charge is 0.187 e. The van der Waals surface area contributed by atoms with Crippen LogP contribution >= 0.6 is 0 Å². The Labute approximate surface area is 173 Å². The molecule has 0 amide bonds. The van der Waals surface area contributed by atoms with E-state index in [1.807, 2.05) is 12.2 Å². The standard InChI is InChI=1S/C25H26O3S/c1-15-5-8-17(11-12-29(27)28)20-9-10-21-24-18(13-16-6-7-16)3-2-4-19(24)14-22(26)25(21)23(15)20/h2,4-5,8-10,14-16,18H,3,6-7,11-13H2,1H3,(H,27,28)/p-1. The Morgan fingerprint density at radius 2 is 1.97 bits per heavy atom. The molecule has 5 rings (SSSR count). The van der Waals surface area contributed by atoms with E-state index in [2.05, 4.69) is 37.3 Å². The van der Waals surface area contributed by atoms with Crippen LogP contribution in [0.4, 0.5) is 0 Å². The fourth-order valence-electron chi connectivity index (χ4n) is 5.21. The molecule has 29 heavy (non-hydrogen) atoms. The number of carbonyl (C=O) groups is 1. The lowest BCUT2D eigenvalue weighted by atomic mass is 9.74. The summed E-state index contributed by atoms with van der Waals surface area (Å²) in [7, 11) is 0. The molecule has 1 aromatic rings. The maximum atomic E-state index is 13.2. The minimum atomic E-state index is -2.06. The normalized spacial score (nSPS) is 26.0. The fourth-order valence-corrected chi connectivity index (χ4v) is 5.59. The number of rotatable bonds is 5. The Balaban J connectivity index is 1.73. The van der Waals surface area contributed by atoms with Crippen LogP contribution in [0.15, 0.2) is 48.1 Å². The van der Waals surface area contributed by atoms with Gasteiger partial charge in [0.1, 0.15) is 0 Å². The number of allylic oxidation sites excluding steroid dienone is 6. The van der Waals surface area contributed by atoms with Gasteiger partial charge in [-0.25, -0.2) is 0 Å². The molecule has 0 heterocycles. The van der Waals surface area contributed by atoms with E-state index in [-0.39, 0.29) is 17.5 Å². The molecule has 0 bridgehead atoms. The van der Waals surface area contributed by atoms with Crippen LogP contribution in [0.25, 0.3) is 11.1 Å². The maximum Gasteiger partial charge on any atom is 0.187 e. The van der Waals surface area contributed by atoms with Gasteiger partial charge in [0.2, 0.25) is 0 Å². The van der Waals surface area contributed by atoms with Crippen molar-refractivity contribution in [2.75, 3.05) is 5.75 Å². The molecule has 4 aliphatic carbocycles. The second-order valence-corrected chi connectivity index (χ2v) is 9.79. The molecule has 0 saturated heterocycles. The zero-order valence-electron chi connectivity index (χ0n) is 16.6. The van der Waals surface area contributed by atoms with Crippen molar-refractivity contribution >= 4 is 28.0 Å². The summed E-state index contributed by atoms with van der Waals surface area (Å²) in [4.78, 5) is 13.2. The van der Waals surface area contributed by atoms with Gasteiger partial charge in [0.15, 0.2) is 5.78 Å². The number of hydrogen-bond acceptors (Lipinski definition) is 3. The summed E-state index contributed by atoms with van der Waals surface area (Å²) >= 11 is -2.06. The van der Waals surface area contributed by atoms with Crippen molar-refractivity contribution in [3.63, 3.8) is 0 Å². The zero-order valence-corrected chi connectivity index (χ0v) is 17.5. The molecule has 1 saturated carbocycles. The summed E-state index contributed by atoms with van der Waals surface area (Å²) in [5.41, 5.74) is 5.36. The summed E-state index contributed by atoms with van der Waals surface area (Å²) < 4.78 is 22.2. The molecule has 4 aliphatic rings. The third-order valence-electron chi connectivity index (χ3n) is 6.75. The van der Waals surface area contributed by atoms with Crippen molar-refractivity contribution in [1.82, 2.24) is 0 Å². The van der Waals surface area contributed by atoms with Crippen LogP contribution in [-0.4, -0.2) is 20.3 Å². The Morgan fingerprint density at radius 3 is 2.72 bits per heavy atom. The lowest BCUT2D eigenvalue weighted by molar-refractivity contribution is 0.104. The average Bonchev–Trinajstić information content (AvgIpc) is 3.51. The summed E-state index contributed by atoms with van der Waals surface area (Å²) in [6.45, 7) is 2.12. The molecular formula is C25H25O3S-. The van der Waals surface area contributed by atoms with Crippen LogP contribution in [0, 0.1) is 11.8 Å². The number of carbonyl (C=O) groups excluding carboxylic acids is 1. The topological polar surface area (TPSA) is 57.2 Å². The Kier molecular flexibility index (Phi) is 4.79. The number of fused-ring (bicyclic) bond motifs is 4. The molecule has 0 radical (unpaired) electrons. The van der Waals surface area contributed by atoms with E-state index in [1.54, 1.807) is 0 Å². The fraction of sp³-hybridized carbons (Fsp3) is 0.400. The van der Waals surface area contributed by atoms with Crippen LogP contribution in [0.3, 0.4) is 0 Å². The van der Waals surface area contributed by atoms with Gasteiger partial charge in [0.05, 0.1) is 0 Å². The van der Waals surface area contributed by atoms with Crippen molar-refractivity contribution in [3.8, 4) is 0 Å². The highest BCUT2D eigenvalue weighted by atomic mass is 32.2. The van der Waals surface area contributed by atoms with Crippen LogP contribution in [0.1, 0.15) is 60.9 Å². The second-order valence-electron chi connectivity index (χ2n) is 8.77. The van der Waals surface area contributed by atoms with Crippen LogP contribution in [0.5, 0.6) is 0 Å². The van der Waals surface area contributed by atoms with Gasteiger partial charge in [0.25, 0.3) is 0 Å². The highest BCUT2D eigenvalue weighted by Crippen LogP contribution is 2.43. The summed E-state index contributed by atoms with van der Waals surface area (Å²) in [6, 6.07) is 4.24. The first-order chi connectivity index (χ1) is 14.0. The predicted octanol–water partition coefficient (Wildman–Crippen LogP) is 3.43. The first kappa shape index (κ1) is 19.0. The van der Waals surface area contributed by atoms with E-state index < -0.39 is 11.1 Å². The minimum absolute atomic E-state index is 0.0845. The molecule has 1 fully saturated rings. The molecule has 3 nitrogen and oxygen atoms in total. The van der Waals surface area contributed by atoms with Crippen molar-refractivity contribution in [1.29, 1.82) is 0 Å². The van der Waals surface area contributed by atoms with Crippen molar-refractivity contribution < 1.29 is 13.6 Å². The molecule has 0 aromatic heterocycles. The number of ketones is 1. The molecular weight excluding hydrogens is 380 g/mol. The SMILES string of the molecule is CC1C=CC(CCS(=O)[O-])=c2ccc3c(c21)C(=O)C=C1C=CCC(CC2CC2)C=31. The third kappa shape index (κ3) is 3.43. The first-order valence-corrected chi connectivity index (χ1v) is 11.8. The molecule has 0 spiro atoms. The van der Waals surface area contributed by atoms with Gasteiger partial charge in [-0.05, 0) is 69.9 Å². The summed E-state index contributed by atoms with van der Waals surface area (Å²) in [5, 5.41) is 2.15. The number of benzene rings is 1. The molecule has 4 heteroatoms. The minimum Gasteiger partial charge on any atom is -0.772 e. The monoisotopic (exact) mass is 405 g/mol. The Hall–Kier alpha value is -2.04. The quantitative estimate of drug-likeness (QED) is 0.705. The van der Waals surface area contributed by atoms with Crippen LogP contribution in [0.2, 0.25) is 0 Å². The lowest BCUT2D eigenvalue weighted by Crippen LogP contribution is -2.34. The van der Waals surface area contributed by atoms with Gasteiger partial charge in [-0.2, -0.15) is 0 Å². The van der Waals surface area contributed by atoms with E-state index in [4.69, 9.17) is 0 Å². The molecule has 150 valence electrons. The predicted molar refractivity (Wildman–Crippen MR) is 115 cm³/mol. The largest absolute Gasteiger partial charge is 0.772 e. The first-order valence-electron chi connectivity index (χ1n) is 10.6. The summed E-state index contributed by atoms with van der Waals surface area (Å²) in [5.74, 6) is 1.66. The van der Waals surface area contributed by atoms with Gasteiger partial charge < -0.3 is 4.55 Å². The van der Waals surface area contributed by atoms with Crippen LogP contribution < -0.4 is 10.4 Å². The molecule has 0 aliphatic heterocycles. The second kappa shape index (κ2) is 7.33. The molecule has 0 N–H and O–H groups in total. The van der Waals surface area contributed by atoms with Crippen molar-refractivity contribution in [3.05, 3.63) is 69.7 Å². The van der Waals surface area contributed by atoms with Gasteiger partial charge in [0, 0.05) is 17.2 Å². The maximum absolute atomic E-state index is 13.2. The molecule has 1 aromatic carbocycles. The van der Waals surface area contributed by atoms with Gasteiger partial charge in [-0.15, -0.1) is 0 Å². The van der Waals surface area contributed by atoms with E-state index in [9.17, 15) is 13.6 Å². The zero-order chi connectivity index (χ0) is 20.1. The molecule has 3 unspecified atom stereocenters. The Bertz CT molecular complexity index is 1130. The van der Waals surface area contributed by atoms with Crippen molar-refractivity contribution in [2.24, 2.45) is 11.8 Å². The summed E-state index contributed by atoms with van der Waals surface area (Å²) in [6.07, 6.45) is 15.7. The highest BCUT2D eigenvalue weighted by molar-refractivity contribution is 7.79. The lowest BCUT2D eigenvalue weighted by Gasteiger charge is -2.29. The van der Waals surface area contributed by atoms with E-state index in [0.717, 1.165) is 45.0 Å².